The third-order valence-corrected chi connectivity index (χ3v) is 3.01. The molecule has 5 atom stereocenters. The number of hydrogen-bond acceptors (Lipinski definition) is 8. The minimum atomic E-state index is -1.12. The van der Waals surface area contributed by atoms with Crippen molar-refractivity contribution in [1.29, 1.82) is 0 Å². The van der Waals surface area contributed by atoms with Gasteiger partial charge in [-0.25, -0.2) is 0 Å². The van der Waals surface area contributed by atoms with Crippen LogP contribution in [-0.4, -0.2) is 54.2 Å². The summed E-state index contributed by atoms with van der Waals surface area (Å²) in [5, 5.41) is 10.2. The number of ether oxygens (including phenoxy) is 4. The van der Waals surface area contributed by atoms with Crippen molar-refractivity contribution in [2.45, 2.75) is 52.3 Å². The molecule has 1 aliphatic rings. The first-order chi connectivity index (χ1) is 9.72. The molecule has 0 bridgehead atoms. The average Bonchev–Trinajstić information content (AvgIpc) is 2.35. The second-order valence-electron chi connectivity index (χ2n) is 4.88. The van der Waals surface area contributed by atoms with Crippen molar-refractivity contribution in [3.8, 4) is 0 Å². The van der Waals surface area contributed by atoms with Crippen molar-refractivity contribution in [2.75, 3.05) is 6.61 Å². The lowest BCUT2D eigenvalue weighted by atomic mass is 9.92. The van der Waals surface area contributed by atoms with Crippen LogP contribution in [0.15, 0.2) is 0 Å². The van der Waals surface area contributed by atoms with Gasteiger partial charge in [0.05, 0.1) is 0 Å². The van der Waals surface area contributed by atoms with Gasteiger partial charge >= 0.3 is 17.9 Å². The maximum Gasteiger partial charge on any atom is 0.304 e. The number of rotatable bonds is 4. The lowest BCUT2D eigenvalue weighted by Gasteiger charge is -2.41. The monoisotopic (exact) mass is 304 g/mol. The first-order valence-corrected chi connectivity index (χ1v) is 6.53. The van der Waals surface area contributed by atoms with Gasteiger partial charge in [0.15, 0.2) is 6.10 Å². The van der Waals surface area contributed by atoms with E-state index in [9.17, 15) is 19.5 Å². The topological polar surface area (TPSA) is 108 Å². The van der Waals surface area contributed by atoms with Crippen LogP contribution in [0.4, 0.5) is 0 Å². The van der Waals surface area contributed by atoms with Gasteiger partial charge in [-0.2, -0.15) is 0 Å². The molecule has 120 valence electrons. The highest BCUT2D eigenvalue weighted by molar-refractivity contribution is 5.67. The van der Waals surface area contributed by atoms with Gasteiger partial charge in [0.1, 0.15) is 18.8 Å². The van der Waals surface area contributed by atoms with E-state index in [1.807, 2.05) is 0 Å². The molecular weight excluding hydrogens is 284 g/mol. The van der Waals surface area contributed by atoms with E-state index in [1.54, 1.807) is 6.92 Å². The third kappa shape index (κ3) is 4.98. The Balaban J connectivity index is 2.86. The third-order valence-electron chi connectivity index (χ3n) is 3.01. The Morgan fingerprint density at radius 3 is 2.10 bits per heavy atom. The van der Waals surface area contributed by atoms with Crippen LogP contribution < -0.4 is 0 Å². The first kappa shape index (κ1) is 17.4. The van der Waals surface area contributed by atoms with Gasteiger partial charge in [0.2, 0.25) is 6.29 Å². The van der Waals surface area contributed by atoms with E-state index in [-0.39, 0.29) is 6.61 Å². The van der Waals surface area contributed by atoms with Crippen molar-refractivity contribution in [1.82, 2.24) is 0 Å². The van der Waals surface area contributed by atoms with Crippen LogP contribution in [0, 0.1) is 5.92 Å². The Morgan fingerprint density at radius 1 is 1.05 bits per heavy atom. The second kappa shape index (κ2) is 7.37. The number of esters is 3. The Hall–Kier alpha value is -1.67. The van der Waals surface area contributed by atoms with E-state index in [0.717, 1.165) is 0 Å². The van der Waals surface area contributed by atoms with Crippen molar-refractivity contribution < 1.29 is 38.4 Å². The largest absolute Gasteiger partial charge is 0.463 e. The lowest BCUT2D eigenvalue weighted by molar-refractivity contribution is -0.278. The van der Waals surface area contributed by atoms with Gasteiger partial charge in [-0.1, -0.05) is 6.92 Å². The van der Waals surface area contributed by atoms with E-state index in [0.29, 0.717) is 0 Å². The molecule has 0 amide bonds. The molecule has 1 fully saturated rings. The van der Waals surface area contributed by atoms with Crippen LogP contribution in [0.1, 0.15) is 27.7 Å². The standard InChI is InChI=1S/C13H20O8/c1-6-11(17)12(19-8(3)15)10(5-18-7(2)14)21-13(6)20-9(4)16/h6,10-13,17H,5H2,1-4H3/t6?,10?,11?,12-,13?/m0/s1. The minimum Gasteiger partial charge on any atom is -0.463 e. The van der Waals surface area contributed by atoms with Gasteiger partial charge in [-0.3, -0.25) is 14.4 Å². The van der Waals surface area contributed by atoms with Crippen LogP contribution >= 0.6 is 0 Å². The fourth-order valence-electron chi connectivity index (χ4n) is 2.02. The van der Waals surface area contributed by atoms with Gasteiger partial charge in [0, 0.05) is 26.7 Å². The summed E-state index contributed by atoms with van der Waals surface area (Å²) in [6.07, 6.45) is -4.06. The molecule has 0 aromatic heterocycles. The predicted molar refractivity (Wildman–Crippen MR) is 67.8 cm³/mol. The SMILES string of the molecule is CC(=O)OCC1OC(OC(C)=O)C(C)C(O)[C@H]1OC(C)=O. The Morgan fingerprint density at radius 2 is 1.62 bits per heavy atom. The van der Waals surface area contributed by atoms with Crippen LogP contribution in [0.25, 0.3) is 0 Å². The van der Waals surface area contributed by atoms with Crippen molar-refractivity contribution in [3.63, 3.8) is 0 Å². The molecule has 1 N–H and O–H groups in total. The predicted octanol–water partition coefficient (Wildman–Crippen LogP) is -0.234. The summed E-state index contributed by atoms with van der Waals surface area (Å²) in [5.74, 6) is -2.33. The summed E-state index contributed by atoms with van der Waals surface area (Å²) in [6, 6.07) is 0. The van der Waals surface area contributed by atoms with Crippen LogP contribution in [0.2, 0.25) is 0 Å². The fourth-order valence-corrected chi connectivity index (χ4v) is 2.02. The van der Waals surface area contributed by atoms with Crippen LogP contribution in [-0.2, 0) is 33.3 Å². The number of aliphatic hydroxyl groups excluding tert-OH is 1. The molecule has 1 rings (SSSR count). The number of hydrogen-bond donors (Lipinski definition) is 1. The summed E-state index contributed by atoms with van der Waals surface area (Å²) in [5.41, 5.74) is 0. The van der Waals surface area contributed by atoms with E-state index in [4.69, 9.17) is 18.9 Å². The normalized spacial score (nSPS) is 32.1. The van der Waals surface area contributed by atoms with E-state index in [1.165, 1.54) is 20.8 Å². The molecule has 0 radical (unpaired) electrons. The molecule has 8 heteroatoms. The molecule has 0 aromatic rings. The molecule has 0 aromatic carbocycles. The van der Waals surface area contributed by atoms with E-state index in [2.05, 4.69) is 0 Å². The quantitative estimate of drug-likeness (QED) is 0.560. The minimum absolute atomic E-state index is 0.227. The Kier molecular flexibility index (Phi) is 6.10. The van der Waals surface area contributed by atoms with Gasteiger partial charge in [-0.15, -0.1) is 0 Å². The van der Waals surface area contributed by atoms with Crippen LogP contribution in [0.5, 0.6) is 0 Å². The van der Waals surface area contributed by atoms with Gasteiger partial charge in [0.25, 0.3) is 0 Å². The molecule has 0 aliphatic carbocycles. The Labute approximate surface area is 122 Å². The smallest absolute Gasteiger partial charge is 0.304 e. The summed E-state index contributed by atoms with van der Waals surface area (Å²) in [4.78, 5) is 33.1. The lowest BCUT2D eigenvalue weighted by Crippen LogP contribution is -2.57. The molecule has 21 heavy (non-hydrogen) atoms. The molecule has 4 unspecified atom stereocenters. The summed E-state index contributed by atoms with van der Waals surface area (Å²) < 4.78 is 20.3. The zero-order valence-corrected chi connectivity index (χ0v) is 12.4. The van der Waals surface area contributed by atoms with E-state index >= 15 is 0 Å². The number of carbonyl (C=O) groups is 3. The second-order valence-corrected chi connectivity index (χ2v) is 4.88. The Bertz CT molecular complexity index is 407. The zero-order chi connectivity index (χ0) is 16.2. The fraction of sp³-hybridized carbons (Fsp3) is 0.769. The molecule has 1 saturated heterocycles. The first-order valence-electron chi connectivity index (χ1n) is 6.53. The molecule has 0 saturated carbocycles. The molecule has 8 nitrogen and oxygen atoms in total. The molecular formula is C13H20O8. The van der Waals surface area contributed by atoms with Crippen molar-refractivity contribution in [2.24, 2.45) is 5.92 Å². The highest BCUT2D eigenvalue weighted by atomic mass is 16.7. The van der Waals surface area contributed by atoms with Gasteiger partial charge in [-0.05, 0) is 0 Å². The molecule has 1 aliphatic heterocycles. The van der Waals surface area contributed by atoms with E-state index < -0.39 is 48.4 Å². The summed E-state index contributed by atoms with van der Waals surface area (Å²) >= 11 is 0. The maximum absolute atomic E-state index is 11.1. The molecule has 0 spiro atoms. The summed E-state index contributed by atoms with van der Waals surface area (Å²) in [6.45, 7) is 4.98. The zero-order valence-electron chi connectivity index (χ0n) is 12.4. The number of carbonyl (C=O) groups excluding carboxylic acids is 3. The highest BCUT2D eigenvalue weighted by Gasteiger charge is 2.46. The molecule has 1 heterocycles. The van der Waals surface area contributed by atoms with Crippen molar-refractivity contribution >= 4 is 17.9 Å². The van der Waals surface area contributed by atoms with Gasteiger partial charge < -0.3 is 24.1 Å². The highest BCUT2D eigenvalue weighted by Crippen LogP contribution is 2.29. The van der Waals surface area contributed by atoms with Crippen molar-refractivity contribution in [3.05, 3.63) is 0 Å². The average molecular weight is 304 g/mol. The summed E-state index contributed by atoms with van der Waals surface area (Å²) in [7, 11) is 0. The van der Waals surface area contributed by atoms with Crippen LogP contribution in [0.3, 0.4) is 0 Å². The number of aliphatic hydroxyl groups is 1. The maximum atomic E-state index is 11.1.